The Bertz CT molecular complexity index is 251. The lowest BCUT2D eigenvalue weighted by molar-refractivity contribution is 0.341. The van der Waals surface area contributed by atoms with Gasteiger partial charge in [0.25, 0.3) is 0 Å². The zero-order valence-electron chi connectivity index (χ0n) is 8.20. The molecule has 4 heteroatoms. The fourth-order valence-corrected chi connectivity index (χ4v) is 0.947. The molecule has 0 saturated heterocycles. The van der Waals surface area contributed by atoms with Gasteiger partial charge >= 0.3 is 0 Å². The van der Waals surface area contributed by atoms with Gasteiger partial charge in [0.15, 0.2) is 5.82 Å². The molecule has 0 aliphatic heterocycles. The molecular formula is C8H16N4. The summed E-state index contributed by atoms with van der Waals surface area (Å²) in [6, 6.07) is 0. The number of hydrogen-bond acceptors (Lipinski definition) is 3. The summed E-state index contributed by atoms with van der Waals surface area (Å²) in [7, 11) is 1.79. The number of aromatic nitrogens is 4. The second-order valence-electron chi connectivity index (χ2n) is 3.89. The highest BCUT2D eigenvalue weighted by molar-refractivity contribution is 4.84. The highest BCUT2D eigenvalue weighted by atomic mass is 15.6. The van der Waals surface area contributed by atoms with E-state index in [2.05, 4.69) is 36.2 Å². The van der Waals surface area contributed by atoms with Gasteiger partial charge in [0, 0.05) is 6.42 Å². The predicted octanol–water partition coefficient (Wildman–Crippen LogP) is 1.19. The third-order valence-corrected chi connectivity index (χ3v) is 2.14. The number of rotatable bonds is 3. The summed E-state index contributed by atoms with van der Waals surface area (Å²) in [4.78, 5) is 1.50. The fraction of sp³-hybridized carbons (Fsp3) is 0.875. The molecule has 0 radical (unpaired) electrons. The Morgan fingerprint density at radius 1 is 1.42 bits per heavy atom. The van der Waals surface area contributed by atoms with Crippen LogP contribution in [0.2, 0.25) is 0 Å². The van der Waals surface area contributed by atoms with Gasteiger partial charge < -0.3 is 0 Å². The molecule has 0 aromatic carbocycles. The summed E-state index contributed by atoms with van der Waals surface area (Å²) in [5.41, 5.74) is 0.281. The molecule has 0 bridgehead atoms. The maximum Gasteiger partial charge on any atom is 0.175 e. The molecule has 0 atom stereocenters. The van der Waals surface area contributed by atoms with Crippen LogP contribution < -0.4 is 0 Å². The SMILES string of the molecule is CCC(C)(C)Cc1nnn(C)n1. The summed E-state index contributed by atoms with van der Waals surface area (Å²) < 4.78 is 0. The molecule has 1 aromatic rings. The monoisotopic (exact) mass is 168 g/mol. The van der Waals surface area contributed by atoms with Crippen molar-refractivity contribution in [2.24, 2.45) is 12.5 Å². The predicted molar refractivity (Wildman–Crippen MR) is 46.6 cm³/mol. The van der Waals surface area contributed by atoms with E-state index in [4.69, 9.17) is 0 Å². The lowest BCUT2D eigenvalue weighted by atomic mass is 9.86. The first-order valence-corrected chi connectivity index (χ1v) is 4.26. The number of aryl methyl sites for hydroxylation is 1. The largest absolute Gasteiger partial charge is 0.175 e. The van der Waals surface area contributed by atoms with Crippen molar-refractivity contribution >= 4 is 0 Å². The third-order valence-electron chi connectivity index (χ3n) is 2.14. The van der Waals surface area contributed by atoms with E-state index in [0.29, 0.717) is 0 Å². The van der Waals surface area contributed by atoms with Crippen LogP contribution in [0.5, 0.6) is 0 Å². The molecule has 1 aromatic heterocycles. The molecule has 0 aliphatic rings. The Balaban J connectivity index is 2.63. The van der Waals surface area contributed by atoms with Gasteiger partial charge in [-0.15, -0.1) is 10.2 Å². The Morgan fingerprint density at radius 2 is 2.08 bits per heavy atom. The molecular weight excluding hydrogens is 152 g/mol. The van der Waals surface area contributed by atoms with E-state index in [-0.39, 0.29) is 5.41 Å². The molecule has 1 rings (SSSR count). The topological polar surface area (TPSA) is 43.6 Å². The van der Waals surface area contributed by atoms with Gasteiger partial charge in [0.2, 0.25) is 0 Å². The van der Waals surface area contributed by atoms with Crippen molar-refractivity contribution in [2.75, 3.05) is 0 Å². The highest BCUT2D eigenvalue weighted by Crippen LogP contribution is 2.23. The minimum Gasteiger partial charge on any atom is -0.167 e. The maximum atomic E-state index is 4.14. The van der Waals surface area contributed by atoms with Gasteiger partial charge in [-0.05, 0) is 10.6 Å². The summed E-state index contributed by atoms with van der Waals surface area (Å²) in [5, 5.41) is 11.9. The van der Waals surface area contributed by atoms with Crippen molar-refractivity contribution in [3.05, 3.63) is 5.82 Å². The summed E-state index contributed by atoms with van der Waals surface area (Å²) >= 11 is 0. The summed E-state index contributed by atoms with van der Waals surface area (Å²) in [6.45, 7) is 6.60. The molecule has 0 N–H and O–H groups in total. The molecule has 68 valence electrons. The van der Waals surface area contributed by atoms with Gasteiger partial charge in [0.05, 0.1) is 7.05 Å². The Morgan fingerprint density at radius 3 is 2.50 bits per heavy atom. The summed E-state index contributed by atoms with van der Waals surface area (Å²) in [5.74, 6) is 0.837. The van der Waals surface area contributed by atoms with Crippen molar-refractivity contribution in [1.82, 2.24) is 20.2 Å². The van der Waals surface area contributed by atoms with Crippen LogP contribution in [0.4, 0.5) is 0 Å². The van der Waals surface area contributed by atoms with Crippen LogP contribution in [0.25, 0.3) is 0 Å². The lowest BCUT2D eigenvalue weighted by Gasteiger charge is -2.19. The number of hydrogen-bond donors (Lipinski definition) is 0. The van der Waals surface area contributed by atoms with E-state index in [1.54, 1.807) is 7.05 Å². The minimum absolute atomic E-state index is 0.281. The average Bonchev–Trinajstić information content (AvgIpc) is 2.35. The van der Waals surface area contributed by atoms with Crippen molar-refractivity contribution in [3.63, 3.8) is 0 Å². The fourth-order valence-electron chi connectivity index (χ4n) is 0.947. The van der Waals surface area contributed by atoms with Gasteiger partial charge in [-0.25, -0.2) is 0 Å². The van der Waals surface area contributed by atoms with Crippen LogP contribution in [0, 0.1) is 5.41 Å². The van der Waals surface area contributed by atoms with Gasteiger partial charge in [-0.3, -0.25) is 0 Å². The van der Waals surface area contributed by atoms with E-state index in [0.717, 1.165) is 18.7 Å². The first kappa shape index (κ1) is 9.16. The third kappa shape index (κ3) is 2.29. The van der Waals surface area contributed by atoms with Crippen molar-refractivity contribution in [2.45, 2.75) is 33.6 Å². The molecule has 4 nitrogen and oxygen atoms in total. The normalized spacial score (nSPS) is 12.0. The molecule has 0 spiro atoms. The van der Waals surface area contributed by atoms with Gasteiger partial charge in [-0.1, -0.05) is 27.2 Å². The van der Waals surface area contributed by atoms with E-state index in [9.17, 15) is 0 Å². The van der Waals surface area contributed by atoms with Crippen molar-refractivity contribution in [3.8, 4) is 0 Å². The lowest BCUT2D eigenvalue weighted by Crippen LogP contribution is -2.14. The van der Waals surface area contributed by atoms with Crippen LogP contribution >= 0.6 is 0 Å². The highest BCUT2D eigenvalue weighted by Gasteiger charge is 2.18. The van der Waals surface area contributed by atoms with Crippen LogP contribution in [0.3, 0.4) is 0 Å². The zero-order chi connectivity index (χ0) is 9.19. The molecule has 0 saturated carbocycles. The molecule has 0 amide bonds. The van der Waals surface area contributed by atoms with Gasteiger partial charge in [0.1, 0.15) is 0 Å². The first-order chi connectivity index (χ1) is 5.53. The van der Waals surface area contributed by atoms with E-state index in [1.165, 1.54) is 4.80 Å². The van der Waals surface area contributed by atoms with Crippen LogP contribution in [-0.2, 0) is 13.5 Å². The maximum absolute atomic E-state index is 4.14. The van der Waals surface area contributed by atoms with E-state index < -0.39 is 0 Å². The van der Waals surface area contributed by atoms with Crippen LogP contribution in [-0.4, -0.2) is 20.2 Å². The Labute approximate surface area is 73.0 Å². The van der Waals surface area contributed by atoms with Crippen molar-refractivity contribution < 1.29 is 0 Å². The Kier molecular flexibility index (Phi) is 2.45. The zero-order valence-corrected chi connectivity index (χ0v) is 8.20. The second kappa shape index (κ2) is 3.21. The van der Waals surface area contributed by atoms with Crippen LogP contribution in [0.1, 0.15) is 33.0 Å². The standard InChI is InChI=1S/C8H16N4/c1-5-8(2,3)6-7-9-11-12(4)10-7/h5-6H2,1-4H3. The number of nitrogens with zero attached hydrogens (tertiary/aromatic N) is 4. The quantitative estimate of drug-likeness (QED) is 0.681. The van der Waals surface area contributed by atoms with Crippen molar-refractivity contribution in [1.29, 1.82) is 0 Å². The second-order valence-corrected chi connectivity index (χ2v) is 3.89. The smallest absolute Gasteiger partial charge is 0.167 e. The van der Waals surface area contributed by atoms with E-state index in [1.807, 2.05) is 0 Å². The molecule has 0 unspecified atom stereocenters. The summed E-state index contributed by atoms with van der Waals surface area (Å²) in [6.07, 6.45) is 2.03. The van der Waals surface area contributed by atoms with E-state index >= 15 is 0 Å². The minimum atomic E-state index is 0.281. The average molecular weight is 168 g/mol. The van der Waals surface area contributed by atoms with Crippen LogP contribution in [0.15, 0.2) is 0 Å². The first-order valence-electron chi connectivity index (χ1n) is 4.26. The Hall–Kier alpha value is -0.930. The van der Waals surface area contributed by atoms with Gasteiger partial charge in [-0.2, -0.15) is 4.80 Å². The number of tetrazole rings is 1. The molecule has 1 heterocycles. The molecule has 12 heavy (non-hydrogen) atoms. The molecule has 0 fully saturated rings. The molecule has 0 aliphatic carbocycles.